The van der Waals surface area contributed by atoms with Crippen LogP contribution in [0, 0.1) is 5.41 Å². The van der Waals surface area contributed by atoms with E-state index in [0.29, 0.717) is 17.6 Å². The number of nitrogens with zero attached hydrogens (tertiary/aromatic N) is 1. The normalized spacial score (nSPS) is 36.8. The zero-order valence-electron chi connectivity index (χ0n) is 12.2. The van der Waals surface area contributed by atoms with E-state index in [1.54, 1.807) is 0 Å². The second-order valence-electron chi connectivity index (χ2n) is 6.97. The fraction of sp³-hybridized carbons (Fsp3) is 1.00. The van der Waals surface area contributed by atoms with Gasteiger partial charge in [0.2, 0.25) is 0 Å². The van der Waals surface area contributed by atoms with E-state index in [1.165, 1.54) is 19.3 Å². The van der Waals surface area contributed by atoms with Gasteiger partial charge in [-0.05, 0) is 51.0 Å². The first-order chi connectivity index (χ1) is 8.48. The summed E-state index contributed by atoms with van der Waals surface area (Å²) in [4.78, 5) is 2.33. The van der Waals surface area contributed by atoms with Gasteiger partial charge in [0.25, 0.3) is 0 Å². The van der Waals surface area contributed by atoms with Crippen molar-refractivity contribution in [2.24, 2.45) is 5.41 Å². The molecule has 1 N–H and O–H groups in total. The summed E-state index contributed by atoms with van der Waals surface area (Å²) in [6, 6.07) is 0.305. The van der Waals surface area contributed by atoms with Crippen LogP contribution < -0.4 is 0 Å². The third-order valence-electron chi connectivity index (χ3n) is 4.65. The third-order valence-corrected chi connectivity index (χ3v) is 4.65. The molecule has 2 fully saturated rings. The summed E-state index contributed by atoms with van der Waals surface area (Å²) in [5, 5.41) is 10.2. The van der Waals surface area contributed by atoms with Crippen molar-refractivity contribution in [1.82, 2.24) is 4.90 Å². The fourth-order valence-electron chi connectivity index (χ4n) is 3.39. The zero-order valence-corrected chi connectivity index (χ0v) is 12.2. The smallest absolute Gasteiger partial charge is 0.0702 e. The number of aliphatic hydroxyl groups is 1. The van der Waals surface area contributed by atoms with Crippen molar-refractivity contribution in [3.8, 4) is 0 Å². The molecule has 106 valence electrons. The second-order valence-corrected chi connectivity index (χ2v) is 6.97. The first kappa shape index (κ1) is 14.3. The van der Waals surface area contributed by atoms with Crippen LogP contribution in [0.15, 0.2) is 0 Å². The Bertz CT molecular complexity index is 261. The molecule has 0 spiro atoms. The van der Waals surface area contributed by atoms with Crippen LogP contribution >= 0.6 is 0 Å². The van der Waals surface area contributed by atoms with Crippen LogP contribution in [0.2, 0.25) is 0 Å². The minimum Gasteiger partial charge on any atom is -0.391 e. The van der Waals surface area contributed by atoms with Gasteiger partial charge in [0.05, 0.1) is 12.2 Å². The molecule has 2 aliphatic rings. The average molecular weight is 255 g/mol. The highest BCUT2D eigenvalue weighted by Gasteiger charge is 2.36. The molecule has 0 bridgehead atoms. The fourth-order valence-corrected chi connectivity index (χ4v) is 3.39. The van der Waals surface area contributed by atoms with Gasteiger partial charge in [0, 0.05) is 19.2 Å². The summed E-state index contributed by atoms with van der Waals surface area (Å²) in [5.74, 6) is 0. The zero-order chi connectivity index (χ0) is 13.2. The van der Waals surface area contributed by atoms with Crippen LogP contribution in [-0.4, -0.2) is 48.5 Å². The van der Waals surface area contributed by atoms with Crippen molar-refractivity contribution >= 4 is 0 Å². The Labute approximate surface area is 112 Å². The minimum atomic E-state index is -0.161. The summed E-state index contributed by atoms with van der Waals surface area (Å²) < 4.78 is 5.80. The first-order valence-corrected chi connectivity index (χ1v) is 7.48. The largest absolute Gasteiger partial charge is 0.391 e. The SMILES string of the molecule is CN(CC1CCCCO1)C1CC(C)(C)CCC1O. The van der Waals surface area contributed by atoms with Crippen molar-refractivity contribution in [2.75, 3.05) is 20.2 Å². The summed E-state index contributed by atoms with van der Waals surface area (Å²) in [6.07, 6.45) is 7.06. The number of hydrogen-bond acceptors (Lipinski definition) is 3. The lowest BCUT2D eigenvalue weighted by molar-refractivity contribution is -0.0468. The monoisotopic (exact) mass is 255 g/mol. The van der Waals surface area contributed by atoms with Gasteiger partial charge in [0.15, 0.2) is 0 Å². The number of ether oxygens (including phenoxy) is 1. The van der Waals surface area contributed by atoms with Crippen molar-refractivity contribution < 1.29 is 9.84 Å². The molecule has 2 rings (SSSR count). The minimum absolute atomic E-state index is 0.161. The van der Waals surface area contributed by atoms with E-state index in [0.717, 1.165) is 32.4 Å². The van der Waals surface area contributed by atoms with Crippen molar-refractivity contribution in [1.29, 1.82) is 0 Å². The molecule has 0 aromatic rings. The van der Waals surface area contributed by atoms with Gasteiger partial charge < -0.3 is 9.84 Å². The Morgan fingerprint density at radius 3 is 2.72 bits per heavy atom. The highest BCUT2D eigenvalue weighted by molar-refractivity contribution is 4.90. The quantitative estimate of drug-likeness (QED) is 0.840. The predicted octanol–water partition coefficient (Wildman–Crippen LogP) is 2.43. The number of aliphatic hydroxyl groups excluding tert-OH is 1. The molecular formula is C15H29NO2. The van der Waals surface area contributed by atoms with Gasteiger partial charge >= 0.3 is 0 Å². The van der Waals surface area contributed by atoms with Gasteiger partial charge in [-0.2, -0.15) is 0 Å². The van der Waals surface area contributed by atoms with Crippen LogP contribution in [-0.2, 0) is 4.74 Å². The van der Waals surface area contributed by atoms with E-state index >= 15 is 0 Å². The van der Waals surface area contributed by atoms with Gasteiger partial charge in [-0.25, -0.2) is 0 Å². The molecule has 3 heteroatoms. The summed E-state index contributed by atoms with van der Waals surface area (Å²) in [5.41, 5.74) is 0.367. The van der Waals surface area contributed by atoms with E-state index in [4.69, 9.17) is 4.74 Å². The molecule has 1 aliphatic heterocycles. The van der Waals surface area contributed by atoms with Crippen molar-refractivity contribution in [3.63, 3.8) is 0 Å². The highest BCUT2D eigenvalue weighted by Crippen LogP contribution is 2.37. The average Bonchev–Trinajstić information content (AvgIpc) is 2.33. The Hall–Kier alpha value is -0.120. The molecule has 0 aromatic carbocycles. The number of rotatable bonds is 3. The number of likely N-dealkylation sites (N-methyl/N-ethyl adjacent to an activating group) is 1. The standard InChI is InChI=1S/C15H29NO2/c1-15(2)8-7-14(17)13(10-15)16(3)11-12-6-4-5-9-18-12/h12-14,17H,4-11H2,1-3H3. The van der Waals surface area contributed by atoms with Crippen molar-refractivity contribution in [3.05, 3.63) is 0 Å². The molecule has 18 heavy (non-hydrogen) atoms. The van der Waals surface area contributed by atoms with E-state index < -0.39 is 0 Å². The van der Waals surface area contributed by atoms with Crippen LogP contribution in [0.25, 0.3) is 0 Å². The maximum atomic E-state index is 10.2. The molecule has 3 atom stereocenters. The van der Waals surface area contributed by atoms with Crippen LogP contribution in [0.4, 0.5) is 0 Å². The maximum Gasteiger partial charge on any atom is 0.0702 e. The van der Waals surface area contributed by atoms with Crippen LogP contribution in [0.5, 0.6) is 0 Å². The van der Waals surface area contributed by atoms with E-state index in [2.05, 4.69) is 25.8 Å². The molecule has 3 unspecified atom stereocenters. The summed E-state index contributed by atoms with van der Waals surface area (Å²) in [7, 11) is 2.15. The first-order valence-electron chi connectivity index (χ1n) is 7.48. The lowest BCUT2D eigenvalue weighted by atomic mass is 9.73. The molecule has 0 amide bonds. The van der Waals surface area contributed by atoms with Crippen molar-refractivity contribution in [2.45, 2.75) is 70.6 Å². The lowest BCUT2D eigenvalue weighted by Crippen LogP contribution is -2.50. The Morgan fingerprint density at radius 2 is 2.06 bits per heavy atom. The van der Waals surface area contributed by atoms with Gasteiger partial charge in [-0.3, -0.25) is 4.90 Å². The molecule has 0 radical (unpaired) electrons. The summed E-state index contributed by atoms with van der Waals surface area (Å²) in [6.45, 7) is 6.52. The molecule has 1 saturated carbocycles. The molecular weight excluding hydrogens is 226 g/mol. The molecule has 0 aromatic heterocycles. The highest BCUT2D eigenvalue weighted by atomic mass is 16.5. The Kier molecular flexibility index (Phi) is 4.68. The molecule has 1 heterocycles. The van der Waals surface area contributed by atoms with Crippen LogP contribution in [0.3, 0.4) is 0 Å². The third kappa shape index (κ3) is 3.69. The van der Waals surface area contributed by atoms with E-state index in [1.807, 2.05) is 0 Å². The Balaban J connectivity index is 1.87. The van der Waals surface area contributed by atoms with E-state index in [9.17, 15) is 5.11 Å². The van der Waals surface area contributed by atoms with Gasteiger partial charge in [0.1, 0.15) is 0 Å². The second kappa shape index (κ2) is 5.89. The van der Waals surface area contributed by atoms with Crippen LogP contribution in [0.1, 0.15) is 52.4 Å². The lowest BCUT2D eigenvalue weighted by Gasteiger charge is -2.43. The number of hydrogen-bond donors (Lipinski definition) is 1. The van der Waals surface area contributed by atoms with Gasteiger partial charge in [-0.1, -0.05) is 13.8 Å². The molecule has 3 nitrogen and oxygen atoms in total. The molecule has 1 saturated heterocycles. The summed E-state index contributed by atoms with van der Waals surface area (Å²) >= 11 is 0. The van der Waals surface area contributed by atoms with Gasteiger partial charge in [-0.15, -0.1) is 0 Å². The topological polar surface area (TPSA) is 32.7 Å². The Morgan fingerprint density at radius 1 is 1.28 bits per heavy atom. The predicted molar refractivity (Wildman–Crippen MR) is 73.6 cm³/mol. The molecule has 1 aliphatic carbocycles. The van der Waals surface area contributed by atoms with E-state index in [-0.39, 0.29) is 6.10 Å². The maximum absolute atomic E-state index is 10.2.